The quantitative estimate of drug-likeness (QED) is 0.475. The van der Waals surface area contributed by atoms with Gasteiger partial charge in [0.2, 0.25) is 0 Å². The number of morpholine rings is 1. The van der Waals surface area contributed by atoms with Crippen LogP contribution in [0.2, 0.25) is 0 Å². The van der Waals surface area contributed by atoms with Crippen molar-refractivity contribution in [2.24, 2.45) is 4.99 Å². The molecule has 3 N–H and O–H groups in total. The lowest BCUT2D eigenvalue weighted by Gasteiger charge is -2.34. The molecule has 2 heterocycles. The number of hydrogen-bond donors (Lipinski definition) is 3. The Morgan fingerprint density at radius 2 is 2.07 bits per heavy atom. The highest BCUT2D eigenvalue weighted by Crippen LogP contribution is 2.25. The minimum atomic E-state index is -0.0846. The van der Waals surface area contributed by atoms with E-state index in [9.17, 15) is 4.79 Å². The fraction of sp³-hybridized carbons (Fsp3) is 0.429. The summed E-state index contributed by atoms with van der Waals surface area (Å²) in [7, 11) is 3.41. The van der Waals surface area contributed by atoms with Gasteiger partial charge < -0.3 is 20.7 Å². The maximum Gasteiger partial charge on any atom is 0.251 e. The Hall–Kier alpha value is -2.42. The van der Waals surface area contributed by atoms with E-state index < -0.39 is 0 Å². The summed E-state index contributed by atoms with van der Waals surface area (Å²) in [6, 6.07) is 12.2. The lowest BCUT2D eigenvalue weighted by Crippen LogP contribution is -2.46. The highest BCUT2D eigenvalue weighted by molar-refractivity contribution is 7.10. The van der Waals surface area contributed by atoms with Crippen molar-refractivity contribution in [3.8, 4) is 0 Å². The molecule has 0 radical (unpaired) electrons. The summed E-state index contributed by atoms with van der Waals surface area (Å²) in [4.78, 5) is 20.0. The first-order chi connectivity index (χ1) is 14.2. The second-order valence-electron chi connectivity index (χ2n) is 6.77. The predicted octanol–water partition coefficient (Wildman–Crippen LogP) is 1.85. The Kier molecular flexibility index (Phi) is 8.03. The molecule has 29 heavy (non-hydrogen) atoms. The molecule has 0 bridgehead atoms. The van der Waals surface area contributed by atoms with Crippen molar-refractivity contribution in [2.45, 2.75) is 12.6 Å². The summed E-state index contributed by atoms with van der Waals surface area (Å²) in [6.07, 6.45) is 0. The van der Waals surface area contributed by atoms with Crippen LogP contribution >= 0.6 is 11.3 Å². The van der Waals surface area contributed by atoms with Gasteiger partial charge in [-0.05, 0) is 29.1 Å². The Labute approximate surface area is 176 Å². The molecule has 0 saturated carbocycles. The van der Waals surface area contributed by atoms with Crippen molar-refractivity contribution in [3.05, 3.63) is 57.8 Å². The van der Waals surface area contributed by atoms with Gasteiger partial charge in [0.15, 0.2) is 5.96 Å². The summed E-state index contributed by atoms with van der Waals surface area (Å²) in [5, 5.41) is 11.6. The highest BCUT2D eigenvalue weighted by atomic mass is 32.1. The van der Waals surface area contributed by atoms with E-state index in [4.69, 9.17) is 4.74 Å². The standard InChI is InChI=1S/C21H29N5O2S/c1-22-20(27)17-6-3-5-16(13-17)14-24-21(23-2)25-15-18(19-7-4-12-29-19)26-8-10-28-11-9-26/h3-7,12-13,18H,8-11,14-15H2,1-2H3,(H,22,27)(H2,23,24,25). The van der Waals surface area contributed by atoms with E-state index >= 15 is 0 Å². The number of rotatable bonds is 7. The zero-order chi connectivity index (χ0) is 20.5. The summed E-state index contributed by atoms with van der Waals surface area (Å²) in [6.45, 7) is 4.77. The second-order valence-corrected chi connectivity index (χ2v) is 7.75. The largest absolute Gasteiger partial charge is 0.379 e. The fourth-order valence-corrected chi connectivity index (χ4v) is 4.21. The molecule has 156 valence electrons. The first-order valence-electron chi connectivity index (χ1n) is 9.82. The molecular formula is C21H29N5O2S. The summed E-state index contributed by atoms with van der Waals surface area (Å²) in [5.74, 6) is 0.656. The highest BCUT2D eigenvalue weighted by Gasteiger charge is 2.23. The van der Waals surface area contributed by atoms with E-state index in [2.05, 4.69) is 43.4 Å². The smallest absolute Gasteiger partial charge is 0.251 e. The summed E-state index contributed by atoms with van der Waals surface area (Å²) >= 11 is 1.78. The monoisotopic (exact) mass is 415 g/mol. The normalized spacial score (nSPS) is 16.3. The zero-order valence-corrected chi connectivity index (χ0v) is 17.8. The SMILES string of the molecule is CN=C(NCc1cccc(C(=O)NC)c1)NCC(c1cccs1)N1CCOCC1. The van der Waals surface area contributed by atoms with E-state index in [1.54, 1.807) is 25.4 Å². The van der Waals surface area contributed by atoms with Crippen LogP contribution in [0.5, 0.6) is 0 Å². The van der Waals surface area contributed by atoms with Crippen molar-refractivity contribution < 1.29 is 9.53 Å². The van der Waals surface area contributed by atoms with Crippen molar-refractivity contribution in [2.75, 3.05) is 46.9 Å². The minimum absolute atomic E-state index is 0.0846. The molecule has 1 fully saturated rings. The summed E-state index contributed by atoms with van der Waals surface area (Å²) in [5.41, 5.74) is 1.68. The average molecular weight is 416 g/mol. The van der Waals surface area contributed by atoms with E-state index in [0.29, 0.717) is 12.1 Å². The third-order valence-electron chi connectivity index (χ3n) is 4.92. The molecule has 1 aliphatic rings. The third-order valence-corrected chi connectivity index (χ3v) is 5.89. The molecule has 1 aromatic carbocycles. The number of amides is 1. The van der Waals surface area contributed by atoms with Gasteiger partial charge in [-0.3, -0.25) is 14.7 Å². The Morgan fingerprint density at radius 3 is 2.76 bits per heavy atom. The van der Waals surface area contributed by atoms with Gasteiger partial charge in [-0.15, -0.1) is 11.3 Å². The molecule has 1 saturated heterocycles. The van der Waals surface area contributed by atoms with Gasteiger partial charge in [-0.2, -0.15) is 0 Å². The van der Waals surface area contributed by atoms with Gasteiger partial charge in [0.25, 0.3) is 5.91 Å². The lowest BCUT2D eigenvalue weighted by atomic mass is 10.1. The van der Waals surface area contributed by atoms with Crippen LogP contribution < -0.4 is 16.0 Å². The zero-order valence-electron chi connectivity index (χ0n) is 17.0. The Bertz CT molecular complexity index is 803. The van der Waals surface area contributed by atoms with Crippen molar-refractivity contribution in [1.82, 2.24) is 20.9 Å². The molecule has 0 spiro atoms. The number of nitrogens with one attached hydrogen (secondary N) is 3. The van der Waals surface area contributed by atoms with Crippen LogP contribution in [-0.2, 0) is 11.3 Å². The minimum Gasteiger partial charge on any atom is -0.379 e. The maximum absolute atomic E-state index is 11.8. The first kappa shape index (κ1) is 21.3. The van der Waals surface area contributed by atoms with Gasteiger partial charge in [-0.1, -0.05) is 18.2 Å². The number of carbonyl (C=O) groups is 1. The maximum atomic E-state index is 11.8. The number of thiophene rings is 1. The Morgan fingerprint density at radius 1 is 1.24 bits per heavy atom. The number of carbonyl (C=O) groups excluding carboxylic acids is 1. The van der Waals surface area contributed by atoms with Crippen molar-refractivity contribution >= 4 is 23.2 Å². The molecule has 1 aliphatic heterocycles. The van der Waals surface area contributed by atoms with Crippen LogP contribution in [0.15, 0.2) is 46.8 Å². The van der Waals surface area contributed by atoms with Crippen LogP contribution in [0.4, 0.5) is 0 Å². The lowest BCUT2D eigenvalue weighted by molar-refractivity contribution is 0.0177. The molecular weight excluding hydrogens is 386 g/mol. The number of benzene rings is 1. The molecule has 2 aromatic rings. The molecule has 1 aromatic heterocycles. The fourth-order valence-electron chi connectivity index (χ4n) is 3.35. The van der Waals surface area contributed by atoms with Gasteiger partial charge in [0.05, 0.1) is 19.3 Å². The molecule has 8 heteroatoms. The van der Waals surface area contributed by atoms with E-state index in [1.807, 2.05) is 24.3 Å². The molecule has 1 amide bonds. The number of ether oxygens (including phenoxy) is 1. The topological polar surface area (TPSA) is 78.0 Å². The van der Waals surface area contributed by atoms with Crippen LogP contribution in [0.1, 0.15) is 26.8 Å². The second kappa shape index (κ2) is 10.9. The van der Waals surface area contributed by atoms with Crippen LogP contribution in [0.25, 0.3) is 0 Å². The van der Waals surface area contributed by atoms with Crippen molar-refractivity contribution in [1.29, 1.82) is 0 Å². The average Bonchev–Trinajstić information content (AvgIpc) is 3.31. The molecule has 1 unspecified atom stereocenters. The Balaban J connectivity index is 1.58. The van der Waals surface area contributed by atoms with Gasteiger partial charge in [0.1, 0.15) is 0 Å². The molecule has 0 aliphatic carbocycles. The number of guanidine groups is 1. The first-order valence-corrected chi connectivity index (χ1v) is 10.7. The predicted molar refractivity (Wildman–Crippen MR) is 117 cm³/mol. The van der Waals surface area contributed by atoms with Crippen LogP contribution in [0, 0.1) is 0 Å². The third kappa shape index (κ3) is 6.03. The van der Waals surface area contributed by atoms with Crippen molar-refractivity contribution in [3.63, 3.8) is 0 Å². The molecule has 1 atom stereocenters. The van der Waals surface area contributed by atoms with Crippen LogP contribution in [0.3, 0.4) is 0 Å². The van der Waals surface area contributed by atoms with Crippen LogP contribution in [-0.4, -0.2) is 63.7 Å². The van der Waals surface area contributed by atoms with Gasteiger partial charge in [-0.25, -0.2) is 0 Å². The van der Waals surface area contributed by atoms with E-state index in [0.717, 1.165) is 44.4 Å². The number of aliphatic imine (C=N–C) groups is 1. The molecule has 3 rings (SSSR count). The number of nitrogens with zero attached hydrogens (tertiary/aromatic N) is 2. The van der Waals surface area contributed by atoms with Gasteiger partial charge in [0, 0.05) is 50.7 Å². The number of hydrogen-bond acceptors (Lipinski definition) is 5. The van der Waals surface area contributed by atoms with Gasteiger partial charge >= 0.3 is 0 Å². The summed E-state index contributed by atoms with van der Waals surface area (Å²) < 4.78 is 5.51. The van der Waals surface area contributed by atoms with E-state index in [-0.39, 0.29) is 11.9 Å². The molecule has 7 nitrogen and oxygen atoms in total. The van der Waals surface area contributed by atoms with E-state index in [1.165, 1.54) is 4.88 Å².